The second-order valence-electron chi connectivity index (χ2n) is 7.30. The zero-order valence-electron chi connectivity index (χ0n) is 17.5. The molecule has 8 heteroatoms. The summed E-state index contributed by atoms with van der Waals surface area (Å²) in [6.07, 6.45) is 0. The van der Waals surface area contributed by atoms with Crippen molar-refractivity contribution in [2.75, 3.05) is 40.5 Å². The summed E-state index contributed by atoms with van der Waals surface area (Å²) in [6.45, 7) is 6.38. The van der Waals surface area contributed by atoms with Crippen LogP contribution in [-0.2, 0) is 17.8 Å². The number of carbonyl (C=O) groups excluding carboxylic acids is 1. The molecule has 3 heterocycles. The summed E-state index contributed by atoms with van der Waals surface area (Å²) in [4.78, 5) is 20.0. The van der Waals surface area contributed by atoms with Crippen molar-refractivity contribution in [3.05, 3.63) is 46.0 Å². The number of hydrogen-bond donors (Lipinski definition) is 2. The average molecular weight is 430 g/mol. The fourth-order valence-electron chi connectivity index (χ4n) is 3.84. The van der Waals surface area contributed by atoms with E-state index in [0.29, 0.717) is 23.7 Å². The van der Waals surface area contributed by atoms with Gasteiger partial charge in [0.25, 0.3) is 5.91 Å². The molecule has 0 atom stereocenters. The van der Waals surface area contributed by atoms with Gasteiger partial charge >= 0.3 is 0 Å². The van der Waals surface area contributed by atoms with E-state index in [2.05, 4.69) is 28.2 Å². The number of H-pyrrole nitrogens is 1. The highest BCUT2D eigenvalue weighted by Crippen LogP contribution is 2.33. The Morgan fingerprint density at radius 2 is 2.07 bits per heavy atom. The number of hydrogen-bond acceptors (Lipinski definition) is 6. The molecule has 1 aliphatic rings. The lowest BCUT2D eigenvalue weighted by atomic mass is 10.1. The van der Waals surface area contributed by atoms with Crippen LogP contribution in [0, 0.1) is 6.92 Å². The molecule has 3 aromatic rings. The SMILES string of the molecule is COc1cccc(CNC(=O)c2[nH]c3cc(C)sc3c2CN2CCOCC2)c1OC. The molecule has 1 aliphatic heterocycles. The summed E-state index contributed by atoms with van der Waals surface area (Å²) >= 11 is 1.73. The molecular formula is C22H27N3O4S. The minimum Gasteiger partial charge on any atom is -0.493 e. The van der Waals surface area contributed by atoms with Gasteiger partial charge in [-0.1, -0.05) is 12.1 Å². The predicted molar refractivity (Wildman–Crippen MR) is 118 cm³/mol. The number of para-hydroxylation sites is 1. The Labute approximate surface area is 179 Å². The standard InChI is InChI=1S/C22H27N3O4S/c1-14-11-17-21(30-14)16(13-25-7-9-29-10-8-25)19(24-17)22(26)23-12-15-5-4-6-18(27-2)20(15)28-3/h4-6,11,24H,7-10,12-13H2,1-3H3,(H,23,26). The molecule has 1 amide bonds. The van der Waals surface area contributed by atoms with Crippen molar-refractivity contribution in [1.82, 2.24) is 15.2 Å². The third-order valence-electron chi connectivity index (χ3n) is 5.33. The van der Waals surface area contributed by atoms with Crippen LogP contribution in [0.1, 0.15) is 26.5 Å². The van der Waals surface area contributed by atoms with Crippen molar-refractivity contribution in [2.24, 2.45) is 0 Å². The van der Waals surface area contributed by atoms with Crippen LogP contribution in [0.4, 0.5) is 0 Å². The van der Waals surface area contributed by atoms with Crippen LogP contribution in [0.3, 0.4) is 0 Å². The van der Waals surface area contributed by atoms with Crippen molar-refractivity contribution in [3.63, 3.8) is 0 Å². The van der Waals surface area contributed by atoms with E-state index in [0.717, 1.165) is 54.2 Å². The van der Waals surface area contributed by atoms with Crippen molar-refractivity contribution in [1.29, 1.82) is 0 Å². The van der Waals surface area contributed by atoms with Gasteiger partial charge in [-0.25, -0.2) is 0 Å². The molecule has 160 valence electrons. The quantitative estimate of drug-likeness (QED) is 0.603. The van der Waals surface area contributed by atoms with E-state index in [1.165, 1.54) is 4.88 Å². The molecule has 2 N–H and O–H groups in total. The summed E-state index contributed by atoms with van der Waals surface area (Å²) in [6, 6.07) is 7.75. The second kappa shape index (κ2) is 9.07. The Kier molecular flexibility index (Phi) is 6.26. The molecule has 0 bridgehead atoms. The van der Waals surface area contributed by atoms with Gasteiger partial charge in [0.05, 0.1) is 37.6 Å². The van der Waals surface area contributed by atoms with Crippen molar-refractivity contribution in [2.45, 2.75) is 20.0 Å². The molecule has 1 fully saturated rings. The van der Waals surface area contributed by atoms with E-state index in [4.69, 9.17) is 14.2 Å². The summed E-state index contributed by atoms with van der Waals surface area (Å²) in [5, 5.41) is 3.04. The molecule has 7 nitrogen and oxygen atoms in total. The number of thiophene rings is 1. The van der Waals surface area contributed by atoms with E-state index >= 15 is 0 Å². The van der Waals surface area contributed by atoms with Crippen molar-refractivity contribution >= 4 is 27.5 Å². The maximum absolute atomic E-state index is 13.1. The average Bonchev–Trinajstić information content (AvgIpc) is 3.29. The second-order valence-corrected chi connectivity index (χ2v) is 8.56. The number of ether oxygens (including phenoxy) is 3. The maximum atomic E-state index is 13.1. The first-order valence-corrected chi connectivity index (χ1v) is 10.8. The third kappa shape index (κ3) is 4.16. The number of fused-ring (bicyclic) bond motifs is 1. The number of nitrogens with zero attached hydrogens (tertiary/aromatic N) is 1. The molecule has 30 heavy (non-hydrogen) atoms. The van der Waals surface area contributed by atoms with Crippen LogP contribution >= 0.6 is 11.3 Å². The van der Waals surface area contributed by atoms with E-state index in [-0.39, 0.29) is 5.91 Å². The lowest BCUT2D eigenvalue weighted by molar-refractivity contribution is 0.0342. The number of aromatic nitrogens is 1. The topological polar surface area (TPSA) is 75.8 Å². The summed E-state index contributed by atoms with van der Waals surface area (Å²) in [5.41, 5.74) is 3.57. The number of aromatic amines is 1. The highest BCUT2D eigenvalue weighted by atomic mass is 32.1. The van der Waals surface area contributed by atoms with Crippen LogP contribution in [0.2, 0.25) is 0 Å². The first kappa shape index (κ1) is 20.7. The molecule has 2 aromatic heterocycles. The molecule has 1 saturated heterocycles. The summed E-state index contributed by atoms with van der Waals surface area (Å²) in [5.74, 6) is 1.16. The maximum Gasteiger partial charge on any atom is 0.268 e. The first-order valence-electron chi connectivity index (χ1n) is 10.00. The predicted octanol–water partition coefficient (Wildman–Crippen LogP) is 3.32. The van der Waals surface area contributed by atoms with E-state index < -0.39 is 0 Å². The van der Waals surface area contributed by atoms with Gasteiger partial charge in [0.2, 0.25) is 0 Å². The molecule has 4 rings (SSSR count). The van der Waals surface area contributed by atoms with Crippen LogP contribution in [0.25, 0.3) is 10.2 Å². The molecule has 0 radical (unpaired) electrons. The van der Waals surface area contributed by atoms with Gasteiger partial charge < -0.3 is 24.5 Å². The zero-order chi connectivity index (χ0) is 21.1. The smallest absolute Gasteiger partial charge is 0.268 e. The lowest BCUT2D eigenvalue weighted by Gasteiger charge is -2.26. The first-order chi connectivity index (χ1) is 14.6. The minimum absolute atomic E-state index is 0.121. The number of amides is 1. The molecular weight excluding hydrogens is 402 g/mol. The zero-order valence-corrected chi connectivity index (χ0v) is 18.4. The largest absolute Gasteiger partial charge is 0.493 e. The molecule has 0 spiro atoms. The number of rotatable bonds is 7. The van der Waals surface area contributed by atoms with E-state index in [9.17, 15) is 4.79 Å². The highest BCUT2D eigenvalue weighted by Gasteiger charge is 2.23. The van der Waals surface area contributed by atoms with Gasteiger partial charge in [-0.15, -0.1) is 11.3 Å². The fourth-order valence-corrected chi connectivity index (χ4v) is 4.85. The Bertz CT molecular complexity index is 1040. The van der Waals surface area contributed by atoms with Crippen LogP contribution in [0.15, 0.2) is 24.3 Å². The monoisotopic (exact) mass is 429 g/mol. The lowest BCUT2D eigenvalue weighted by Crippen LogP contribution is -2.36. The van der Waals surface area contributed by atoms with Crippen molar-refractivity contribution < 1.29 is 19.0 Å². The van der Waals surface area contributed by atoms with E-state index in [1.54, 1.807) is 25.6 Å². The normalized spacial score (nSPS) is 14.8. The summed E-state index contributed by atoms with van der Waals surface area (Å²) in [7, 11) is 3.21. The van der Waals surface area contributed by atoms with Crippen LogP contribution < -0.4 is 14.8 Å². The minimum atomic E-state index is -0.121. The summed E-state index contributed by atoms with van der Waals surface area (Å²) < 4.78 is 17.5. The molecule has 0 aliphatic carbocycles. The third-order valence-corrected chi connectivity index (χ3v) is 6.44. The Hall–Kier alpha value is -2.55. The molecule has 0 saturated carbocycles. The van der Waals surface area contributed by atoms with Gasteiger partial charge in [-0.05, 0) is 19.1 Å². The van der Waals surface area contributed by atoms with Gasteiger partial charge in [0.1, 0.15) is 5.69 Å². The number of nitrogens with one attached hydrogen (secondary N) is 2. The fraction of sp³-hybridized carbons (Fsp3) is 0.409. The number of benzene rings is 1. The molecule has 1 aromatic carbocycles. The number of morpholine rings is 1. The molecule has 0 unspecified atom stereocenters. The number of aryl methyl sites for hydroxylation is 1. The Balaban J connectivity index is 1.57. The number of methoxy groups -OCH3 is 2. The van der Waals surface area contributed by atoms with E-state index in [1.807, 2.05) is 18.2 Å². The van der Waals surface area contributed by atoms with Gasteiger partial charge in [0, 0.05) is 42.2 Å². The number of carbonyl (C=O) groups is 1. The van der Waals surface area contributed by atoms with Gasteiger partial charge in [-0.3, -0.25) is 9.69 Å². The van der Waals surface area contributed by atoms with Gasteiger partial charge in [0.15, 0.2) is 11.5 Å². The Morgan fingerprint density at radius 3 is 2.80 bits per heavy atom. The van der Waals surface area contributed by atoms with Crippen LogP contribution in [0.5, 0.6) is 11.5 Å². The van der Waals surface area contributed by atoms with Crippen molar-refractivity contribution in [3.8, 4) is 11.5 Å². The van der Waals surface area contributed by atoms with Gasteiger partial charge in [-0.2, -0.15) is 0 Å². The van der Waals surface area contributed by atoms with Crippen LogP contribution in [-0.4, -0.2) is 56.3 Å². The highest BCUT2D eigenvalue weighted by molar-refractivity contribution is 7.19. The Morgan fingerprint density at radius 1 is 1.27 bits per heavy atom.